The molecule has 0 saturated carbocycles. The van der Waals surface area contributed by atoms with Crippen LogP contribution in [0.5, 0.6) is 0 Å². The molecule has 0 bridgehead atoms. The van der Waals surface area contributed by atoms with Gasteiger partial charge in [-0.05, 0) is 30.7 Å². The van der Waals surface area contributed by atoms with E-state index in [1.807, 2.05) is 18.2 Å². The summed E-state index contributed by atoms with van der Waals surface area (Å²) in [4.78, 5) is 14.1. The number of aromatic nitrogens is 3. The molecular weight excluding hydrogens is 432 g/mol. The highest BCUT2D eigenvalue weighted by atomic mass is 79.9. The van der Waals surface area contributed by atoms with Crippen molar-refractivity contribution in [3.8, 4) is 0 Å². The van der Waals surface area contributed by atoms with Crippen LogP contribution in [-0.2, 0) is 17.0 Å². The minimum absolute atomic E-state index is 0.345. The Kier molecular flexibility index (Phi) is 5.51. The summed E-state index contributed by atoms with van der Waals surface area (Å²) in [6.07, 6.45) is 0. The summed E-state index contributed by atoms with van der Waals surface area (Å²) in [6.45, 7) is 5.93. The second-order valence-electron chi connectivity index (χ2n) is 6.15. The zero-order valence-corrected chi connectivity index (χ0v) is 17.3. The van der Waals surface area contributed by atoms with Gasteiger partial charge in [0.05, 0.1) is 13.2 Å². The fourth-order valence-corrected chi connectivity index (χ4v) is 4.46. The monoisotopic (exact) mass is 450 g/mol. The molecule has 27 heavy (non-hydrogen) atoms. The van der Waals surface area contributed by atoms with Gasteiger partial charge in [0.25, 0.3) is 0 Å². The van der Waals surface area contributed by atoms with Gasteiger partial charge in [0, 0.05) is 41.3 Å². The summed E-state index contributed by atoms with van der Waals surface area (Å²) in [7, 11) is 0. The number of nitrogens with zero attached hydrogens (tertiary/aromatic N) is 4. The van der Waals surface area contributed by atoms with Crippen molar-refractivity contribution >= 4 is 44.6 Å². The zero-order chi connectivity index (χ0) is 18.8. The molecule has 0 aliphatic carbocycles. The van der Waals surface area contributed by atoms with Crippen LogP contribution < -0.4 is 10.5 Å². The molecule has 4 rings (SSSR count). The Hall–Kier alpha value is -1.84. The molecule has 1 aliphatic rings. The molecule has 0 atom stereocenters. The standard InChI is InChI=1S/C18H19BrN4O3S/c1-2-23-17(22-5-7-25-8-6-22)20-21-18(23)27-11-12-9-16(24)26-15-10-13(19)3-4-14(12)15/h3-4,9-10H,2,5-8,11H2,1H3. The molecule has 1 aromatic carbocycles. The summed E-state index contributed by atoms with van der Waals surface area (Å²) in [5.74, 6) is 1.50. The van der Waals surface area contributed by atoms with Crippen molar-refractivity contribution < 1.29 is 9.15 Å². The molecule has 1 fully saturated rings. The Labute approximate surface area is 168 Å². The molecular formula is C18H19BrN4O3S. The Morgan fingerprint density at radius 2 is 2.04 bits per heavy atom. The third kappa shape index (κ3) is 3.90. The van der Waals surface area contributed by atoms with Crippen molar-refractivity contribution in [2.75, 3.05) is 31.2 Å². The van der Waals surface area contributed by atoms with Crippen molar-refractivity contribution in [3.63, 3.8) is 0 Å². The maximum atomic E-state index is 11.9. The third-order valence-corrected chi connectivity index (χ3v) is 5.97. The lowest BCUT2D eigenvalue weighted by molar-refractivity contribution is 0.121. The molecule has 1 aliphatic heterocycles. The molecule has 0 spiro atoms. The number of hydrogen-bond donors (Lipinski definition) is 0. The SMILES string of the molecule is CCn1c(SCc2cc(=O)oc3cc(Br)ccc23)nnc1N1CCOCC1. The molecule has 3 aromatic rings. The van der Waals surface area contributed by atoms with Gasteiger partial charge in [-0.25, -0.2) is 4.79 Å². The van der Waals surface area contributed by atoms with Gasteiger partial charge in [0.1, 0.15) is 5.58 Å². The van der Waals surface area contributed by atoms with Crippen LogP contribution in [0, 0.1) is 0 Å². The third-order valence-electron chi connectivity index (χ3n) is 4.46. The van der Waals surface area contributed by atoms with Crippen molar-refractivity contribution in [2.24, 2.45) is 0 Å². The van der Waals surface area contributed by atoms with E-state index in [0.29, 0.717) is 24.5 Å². The molecule has 3 heterocycles. The Bertz CT molecular complexity index is 1010. The first-order valence-electron chi connectivity index (χ1n) is 8.76. The highest BCUT2D eigenvalue weighted by Gasteiger charge is 2.20. The van der Waals surface area contributed by atoms with Crippen LogP contribution in [0.25, 0.3) is 11.0 Å². The molecule has 9 heteroatoms. The topological polar surface area (TPSA) is 73.4 Å². The largest absolute Gasteiger partial charge is 0.423 e. The van der Waals surface area contributed by atoms with Gasteiger partial charge in [0.15, 0.2) is 5.16 Å². The Morgan fingerprint density at radius 1 is 1.22 bits per heavy atom. The van der Waals surface area contributed by atoms with Crippen molar-refractivity contribution in [1.29, 1.82) is 0 Å². The minimum Gasteiger partial charge on any atom is -0.423 e. The van der Waals surface area contributed by atoms with Crippen LogP contribution in [0.3, 0.4) is 0 Å². The first kappa shape index (κ1) is 18.5. The molecule has 1 saturated heterocycles. The lowest BCUT2D eigenvalue weighted by Crippen LogP contribution is -2.38. The molecule has 0 N–H and O–H groups in total. The molecule has 2 aromatic heterocycles. The molecule has 7 nitrogen and oxygen atoms in total. The predicted molar refractivity (Wildman–Crippen MR) is 108 cm³/mol. The van der Waals surface area contributed by atoms with Crippen LogP contribution in [0.2, 0.25) is 0 Å². The first-order valence-corrected chi connectivity index (χ1v) is 10.5. The molecule has 0 amide bonds. The number of fused-ring (bicyclic) bond motifs is 1. The van der Waals surface area contributed by atoms with Gasteiger partial charge in [-0.15, -0.1) is 10.2 Å². The summed E-state index contributed by atoms with van der Waals surface area (Å²) in [5.41, 5.74) is 1.16. The fraction of sp³-hybridized carbons (Fsp3) is 0.389. The van der Waals surface area contributed by atoms with E-state index in [1.165, 1.54) is 0 Å². The normalized spacial score (nSPS) is 14.8. The average Bonchev–Trinajstić information content (AvgIpc) is 3.09. The van der Waals surface area contributed by atoms with E-state index >= 15 is 0 Å². The Balaban J connectivity index is 1.60. The average molecular weight is 451 g/mol. The van der Waals surface area contributed by atoms with E-state index in [0.717, 1.165) is 46.2 Å². The second-order valence-corrected chi connectivity index (χ2v) is 8.00. The van der Waals surface area contributed by atoms with Gasteiger partial charge in [0.2, 0.25) is 5.95 Å². The maximum Gasteiger partial charge on any atom is 0.336 e. The Morgan fingerprint density at radius 3 is 2.81 bits per heavy atom. The highest BCUT2D eigenvalue weighted by molar-refractivity contribution is 9.10. The molecule has 142 valence electrons. The van der Waals surface area contributed by atoms with Gasteiger partial charge in [-0.3, -0.25) is 4.57 Å². The van der Waals surface area contributed by atoms with Crippen molar-refractivity contribution in [1.82, 2.24) is 14.8 Å². The van der Waals surface area contributed by atoms with E-state index in [-0.39, 0.29) is 5.63 Å². The van der Waals surface area contributed by atoms with E-state index in [9.17, 15) is 4.79 Å². The lowest BCUT2D eigenvalue weighted by Gasteiger charge is -2.27. The fourth-order valence-electron chi connectivity index (χ4n) is 3.13. The van der Waals surface area contributed by atoms with Gasteiger partial charge >= 0.3 is 5.63 Å². The van der Waals surface area contributed by atoms with Crippen molar-refractivity contribution in [3.05, 3.63) is 44.7 Å². The summed E-state index contributed by atoms with van der Waals surface area (Å²) < 4.78 is 13.7. The second kappa shape index (κ2) is 8.04. The number of morpholine rings is 1. The van der Waals surface area contributed by atoms with E-state index in [2.05, 4.69) is 42.5 Å². The maximum absolute atomic E-state index is 11.9. The van der Waals surface area contributed by atoms with Gasteiger partial charge in [-0.1, -0.05) is 27.7 Å². The van der Waals surface area contributed by atoms with E-state index < -0.39 is 0 Å². The smallest absolute Gasteiger partial charge is 0.336 e. The van der Waals surface area contributed by atoms with Gasteiger partial charge < -0.3 is 14.1 Å². The highest BCUT2D eigenvalue weighted by Crippen LogP contribution is 2.29. The zero-order valence-electron chi connectivity index (χ0n) is 14.9. The summed E-state index contributed by atoms with van der Waals surface area (Å²) in [5, 5.41) is 10.5. The van der Waals surface area contributed by atoms with Crippen LogP contribution in [0.4, 0.5) is 5.95 Å². The number of halogens is 1. The number of thioether (sulfide) groups is 1. The number of benzene rings is 1. The number of hydrogen-bond acceptors (Lipinski definition) is 7. The quantitative estimate of drug-likeness (QED) is 0.435. The van der Waals surface area contributed by atoms with Crippen molar-refractivity contribution in [2.45, 2.75) is 24.4 Å². The van der Waals surface area contributed by atoms with Crippen LogP contribution in [-0.4, -0.2) is 41.1 Å². The predicted octanol–water partition coefficient (Wildman–Crippen LogP) is 3.30. The lowest BCUT2D eigenvalue weighted by atomic mass is 10.1. The molecule has 0 unspecified atom stereocenters. The van der Waals surface area contributed by atoms with Crippen LogP contribution in [0.1, 0.15) is 12.5 Å². The summed E-state index contributed by atoms with van der Waals surface area (Å²) in [6, 6.07) is 7.28. The minimum atomic E-state index is -0.345. The number of anilines is 1. The van der Waals surface area contributed by atoms with E-state index in [1.54, 1.807) is 17.8 Å². The molecule has 0 radical (unpaired) electrons. The van der Waals surface area contributed by atoms with Gasteiger partial charge in [-0.2, -0.15) is 0 Å². The summed E-state index contributed by atoms with van der Waals surface area (Å²) >= 11 is 4.99. The number of rotatable bonds is 5. The van der Waals surface area contributed by atoms with E-state index in [4.69, 9.17) is 9.15 Å². The van der Waals surface area contributed by atoms with Crippen LogP contribution in [0.15, 0.2) is 43.1 Å². The first-order chi connectivity index (χ1) is 13.2. The number of ether oxygens (including phenoxy) is 1. The van der Waals surface area contributed by atoms with Crippen LogP contribution >= 0.6 is 27.7 Å².